The van der Waals surface area contributed by atoms with Crippen molar-refractivity contribution in [1.82, 2.24) is 0 Å². The van der Waals surface area contributed by atoms with Gasteiger partial charge in [0.05, 0.1) is 12.7 Å². The molecule has 116 valence electrons. The molecule has 1 aliphatic heterocycles. The molecule has 2 fully saturated rings. The number of carbonyl (C=O) groups excluding carboxylic acids is 1. The highest BCUT2D eigenvalue weighted by atomic mass is 32.2. The van der Waals surface area contributed by atoms with Gasteiger partial charge in [-0.25, -0.2) is 0 Å². The molecular weight excluding hydrogens is 274 g/mol. The summed E-state index contributed by atoms with van der Waals surface area (Å²) in [6.07, 6.45) is 5.35. The number of carbonyl (C=O) groups is 1. The monoisotopic (exact) mass is 301 g/mol. The predicted molar refractivity (Wildman–Crippen MR) is 81.8 cm³/mol. The molecule has 1 saturated heterocycles. The Morgan fingerprint density at radius 2 is 2.30 bits per heavy atom. The van der Waals surface area contributed by atoms with E-state index in [9.17, 15) is 4.79 Å². The molecule has 4 unspecified atom stereocenters. The standard InChI is InChI=1S/C15H27NO3S/c1-3-18-14(17)15(16)8-4-5-12(15)7-10-20-13-6-9-19-11(13)2/h11-13H,3-10,16H2,1-2H3. The molecule has 0 bridgehead atoms. The summed E-state index contributed by atoms with van der Waals surface area (Å²) < 4.78 is 10.7. The van der Waals surface area contributed by atoms with Crippen LogP contribution in [-0.2, 0) is 14.3 Å². The predicted octanol–water partition coefficient (Wildman–Crippen LogP) is 2.35. The fourth-order valence-electron chi connectivity index (χ4n) is 3.33. The summed E-state index contributed by atoms with van der Waals surface area (Å²) in [5, 5.41) is 0.603. The van der Waals surface area contributed by atoms with Crippen molar-refractivity contribution < 1.29 is 14.3 Å². The third-order valence-electron chi connectivity index (χ3n) is 4.63. The second kappa shape index (κ2) is 7.14. The third-order valence-corrected chi connectivity index (χ3v) is 6.15. The first kappa shape index (κ1) is 16.1. The average molecular weight is 301 g/mol. The lowest BCUT2D eigenvalue weighted by molar-refractivity contribution is -0.151. The van der Waals surface area contributed by atoms with Crippen LogP contribution in [0.1, 0.15) is 46.0 Å². The van der Waals surface area contributed by atoms with Crippen LogP contribution in [0.2, 0.25) is 0 Å². The van der Waals surface area contributed by atoms with Crippen LogP contribution in [0.25, 0.3) is 0 Å². The highest BCUT2D eigenvalue weighted by molar-refractivity contribution is 7.99. The number of ether oxygens (including phenoxy) is 2. The van der Waals surface area contributed by atoms with E-state index in [1.807, 2.05) is 18.7 Å². The summed E-state index contributed by atoms with van der Waals surface area (Å²) in [6, 6.07) is 0. The van der Waals surface area contributed by atoms with Gasteiger partial charge in [-0.15, -0.1) is 0 Å². The summed E-state index contributed by atoms with van der Waals surface area (Å²) >= 11 is 1.97. The number of thioether (sulfide) groups is 1. The van der Waals surface area contributed by atoms with Crippen LogP contribution in [0.5, 0.6) is 0 Å². The Morgan fingerprint density at radius 1 is 1.50 bits per heavy atom. The maximum Gasteiger partial charge on any atom is 0.326 e. The zero-order chi connectivity index (χ0) is 14.6. The normalized spacial score (nSPS) is 37.2. The van der Waals surface area contributed by atoms with Crippen LogP contribution in [0.4, 0.5) is 0 Å². The van der Waals surface area contributed by atoms with Crippen molar-refractivity contribution in [3.8, 4) is 0 Å². The third kappa shape index (κ3) is 3.49. The smallest absolute Gasteiger partial charge is 0.326 e. The highest BCUT2D eigenvalue weighted by Crippen LogP contribution is 2.38. The fourth-order valence-corrected chi connectivity index (χ4v) is 4.67. The molecule has 5 heteroatoms. The molecule has 1 saturated carbocycles. The van der Waals surface area contributed by atoms with Crippen LogP contribution in [0, 0.1) is 5.92 Å². The molecule has 20 heavy (non-hydrogen) atoms. The van der Waals surface area contributed by atoms with E-state index in [1.54, 1.807) is 0 Å². The number of esters is 1. The van der Waals surface area contributed by atoms with Gasteiger partial charge in [-0.05, 0) is 51.2 Å². The van der Waals surface area contributed by atoms with Crippen molar-refractivity contribution in [2.45, 2.75) is 62.8 Å². The number of hydrogen-bond donors (Lipinski definition) is 1. The summed E-state index contributed by atoms with van der Waals surface area (Å²) in [5.41, 5.74) is 5.60. The fraction of sp³-hybridized carbons (Fsp3) is 0.933. The van der Waals surface area contributed by atoms with E-state index in [4.69, 9.17) is 15.2 Å². The van der Waals surface area contributed by atoms with Crippen LogP contribution in [-0.4, -0.2) is 41.8 Å². The summed E-state index contributed by atoms with van der Waals surface area (Å²) in [4.78, 5) is 12.1. The van der Waals surface area contributed by atoms with Gasteiger partial charge >= 0.3 is 5.97 Å². The van der Waals surface area contributed by atoms with Crippen molar-refractivity contribution in [3.05, 3.63) is 0 Å². The molecule has 0 radical (unpaired) electrons. The van der Waals surface area contributed by atoms with Crippen LogP contribution < -0.4 is 5.73 Å². The first-order chi connectivity index (χ1) is 9.58. The first-order valence-corrected chi connectivity index (χ1v) is 8.82. The molecule has 0 aromatic heterocycles. The lowest BCUT2D eigenvalue weighted by Crippen LogP contribution is -2.52. The molecule has 0 aromatic rings. The Hall–Kier alpha value is -0.260. The number of hydrogen-bond acceptors (Lipinski definition) is 5. The molecule has 1 aliphatic carbocycles. The maximum absolute atomic E-state index is 12.1. The quantitative estimate of drug-likeness (QED) is 0.763. The van der Waals surface area contributed by atoms with Gasteiger partial charge in [-0.3, -0.25) is 4.79 Å². The van der Waals surface area contributed by atoms with Gasteiger partial charge in [0.2, 0.25) is 0 Å². The van der Waals surface area contributed by atoms with Crippen LogP contribution in [0.15, 0.2) is 0 Å². The number of nitrogens with two attached hydrogens (primary N) is 1. The molecular formula is C15H27NO3S. The van der Waals surface area contributed by atoms with Crippen molar-refractivity contribution in [1.29, 1.82) is 0 Å². The molecule has 0 aromatic carbocycles. The minimum atomic E-state index is -0.742. The zero-order valence-corrected chi connectivity index (χ0v) is 13.4. The van der Waals surface area contributed by atoms with Gasteiger partial charge in [0.1, 0.15) is 5.54 Å². The largest absolute Gasteiger partial charge is 0.465 e. The van der Waals surface area contributed by atoms with Gasteiger partial charge in [0, 0.05) is 11.9 Å². The Kier molecular flexibility index (Phi) is 5.75. The molecule has 1 heterocycles. The first-order valence-electron chi connectivity index (χ1n) is 7.77. The molecule has 2 N–H and O–H groups in total. The maximum atomic E-state index is 12.1. The zero-order valence-electron chi connectivity index (χ0n) is 12.6. The van der Waals surface area contributed by atoms with E-state index in [0.717, 1.165) is 44.5 Å². The van der Waals surface area contributed by atoms with E-state index >= 15 is 0 Å². The lowest BCUT2D eigenvalue weighted by Gasteiger charge is -2.29. The van der Waals surface area contributed by atoms with Gasteiger partial charge in [-0.1, -0.05) is 6.42 Å². The van der Waals surface area contributed by atoms with Gasteiger partial charge in [-0.2, -0.15) is 11.8 Å². The summed E-state index contributed by atoms with van der Waals surface area (Å²) in [7, 11) is 0. The second-order valence-corrected chi connectivity index (χ2v) is 7.26. The molecule has 4 atom stereocenters. The number of rotatable bonds is 6. The second-order valence-electron chi connectivity index (χ2n) is 5.91. The highest BCUT2D eigenvalue weighted by Gasteiger charge is 2.46. The minimum absolute atomic E-state index is 0.204. The van der Waals surface area contributed by atoms with E-state index < -0.39 is 5.54 Å². The van der Waals surface area contributed by atoms with Gasteiger partial charge in [0.25, 0.3) is 0 Å². The van der Waals surface area contributed by atoms with Crippen molar-refractivity contribution >= 4 is 17.7 Å². The molecule has 2 aliphatic rings. The lowest BCUT2D eigenvalue weighted by atomic mass is 9.86. The Morgan fingerprint density at radius 3 is 2.95 bits per heavy atom. The van der Waals surface area contributed by atoms with Gasteiger partial charge in [0.15, 0.2) is 0 Å². The van der Waals surface area contributed by atoms with Crippen molar-refractivity contribution in [2.24, 2.45) is 11.7 Å². The molecule has 2 rings (SSSR count). The van der Waals surface area contributed by atoms with E-state index in [-0.39, 0.29) is 11.9 Å². The van der Waals surface area contributed by atoms with Crippen molar-refractivity contribution in [2.75, 3.05) is 19.0 Å². The molecule has 0 amide bonds. The Bertz CT molecular complexity index is 339. The average Bonchev–Trinajstić information content (AvgIpc) is 2.98. The molecule has 4 nitrogen and oxygen atoms in total. The van der Waals surface area contributed by atoms with E-state index in [1.165, 1.54) is 0 Å². The summed E-state index contributed by atoms with van der Waals surface area (Å²) in [6.45, 7) is 5.27. The Labute approximate surface area is 126 Å². The summed E-state index contributed by atoms with van der Waals surface area (Å²) in [5.74, 6) is 1.12. The van der Waals surface area contributed by atoms with Crippen LogP contribution in [0.3, 0.4) is 0 Å². The molecule has 0 spiro atoms. The minimum Gasteiger partial charge on any atom is -0.465 e. The van der Waals surface area contributed by atoms with E-state index in [2.05, 4.69) is 6.92 Å². The van der Waals surface area contributed by atoms with Crippen LogP contribution >= 0.6 is 11.8 Å². The van der Waals surface area contributed by atoms with Crippen molar-refractivity contribution in [3.63, 3.8) is 0 Å². The topological polar surface area (TPSA) is 61.5 Å². The van der Waals surface area contributed by atoms with Gasteiger partial charge < -0.3 is 15.2 Å². The van der Waals surface area contributed by atoms with E-state index in [0.29, 0.717) is 18.0 Å². The Balaban J connectivity index is 1.80. The SMILES string of the molecule is CCOC(=O)C1(N)CCCC1CCSC1CCOC1C.